The van der Waals surface area contributed by atoms with Crippen molar-refractivity contribution in [3.8, 4) is 5.75 Å². The summed E-state index contributed by atoms with van der Waals surface area (Å²) in [5.41, 5.74) is 0.701. The number of halogens is 1. The Morgan fingerprint density at radius 2 is 2.29 bits per heavy atom. The molecule has 0 spiro atoms. The average Bonchev–Trinajstić information content (AvgIpc) is 2.88. The van der Waals surface area contributed by atoms with Crippen molar-refractivity contribution >= 4 is 28.3 Å². The molecule has 0 amide bonds. The predicted octanol–water partition coefficient (Wildman–Crippen LogP) is 3.27. The first-order valence-electron chi connectivity index (χ1n) is 7.15. The van der Waals surface area contributed by atoms with E-state index in [-0.39, 0.29) is 12.1 Å². The Kier molecular flexibility index (Phi) is 4.12. The van der Waals surface area contributed by atoms with Gasteiger partial charge in [0, 0.05) is 12.0 Å². The lowest BCUT2D eigenvalue weighted by molar-refractivity contribution is 0.121. The molecule has 3 rings (SSSR count). The van der Waals surface area contributed by atoms with Gasteiger partial charge in [0.15, 0.2) is 0 Å². The first-order valence-corrected chi connectivity index (χ1v) is 7.52. The largest absolute Gasteiger partial charge is 0.492 e. The minimum absolute atomic E-state index is 0.174. The third-order valence-corrected chi connectivity index (χ3v) is 4.07. The maximum absolute atomic E-state index is 6.37. The maximum Gasteiger partial charge on any atom is 0.140 e. The van der Waals surface area contributed by atoms with Crippen LogP contribution < -0.4 is 10.1 Å². The molecule has 1 saturated heterocycles. The molecule has 112 valence electrons. The third kappa shape index (κ3) is 2.76. The minimum Gasteiger partial charge on any atom is -0.492 e. The Morgan fingerprint density at radius 3 is 3.00 bits per heavy atom. The second-order valence-corrected chi connectivity index (χ2v) is 5.42. The van der Waals surface area contributed by atoms with Crippen LogP contribution in [0, 0.1) is 0 Å². The zero-order valence-electron chi connectivity index (χ0n) is 12.1. The van der Waals surface area contributed by atoms with Gasteiger partial charge in [0.05, 0.1) is 24.3 Å². The van der Waals surface area contributed by atoms with Gasteiger partial charge in [0.25, 0.3) is 0 Å². The maximum atomic E-state index is 6.37. The van der Waals surface area contributed by atoms with Gasteiger partial charge in [0.2, 0.25) is 0 Å². The second-order valence-electron chi connectivity index (χ2n) is 5.04. The Morgan fingerprint density at radius 1 is 1.43 bits per heavy atom. The normalized spacial score (nSPS) is 21.7. The van der Waals surface area contributed by atoms with Crippen LogP contribution in [-0.4, -0.2) is 35.3 Å². The van der Waals surface area contributed by atoms with Crippen molar-refractivity contribution < 1.29 is 9.47 Å². The van der Waals surface area contributed by atoms with Crippen LogP contribution in [0.3, 0.4) is 0 Å². The topological polar surface area (TPSA) is 56.3 Å². The number of fused-ring (bicyclic) bond motifs is 1. The Balaban J connectivity index is 1.98. The van der Waals surface area contributed by atoms with Gasteiger partial charge in [-0.05, 0) is 32.4 Å². The average molecular weight is 308 g/mol. The van der Waals surface area contributed by atoms with E-state index in [0.717, 1.165) is 24.2 Å². The van der Waals surface area contributed by atoms with Gasteiger partial charge in [-0.3, -0.25) is 0 Å². The summed E-state index contributed by atoms with van der Waals surface area (Å²) in [5.74, 6) is 1.43. The number of anilines is 1. The zero-order chi connectivity index (χ0) is 14.8. The molecule has 1 aromatic heterocycles. The number of benzene rings is 1. The van der Waals surface area contributed by atoms with E-state index >= 15 is 0 Å². The second kappa shape index (κ2) is 6.03. The summed E-state index contributed by atoms with van der Waals surface area (Å²) in [5, 5.41) is 4.85. The molecular weight excluding hydrogens is 290 g/mol. The standard InChI is InChI=1S/C15H18ClN3O2/c1-3-20-12-5-4-10-14(13(12)16)17-8-18-15(10)19-11-6-7-21-9(11)2/h4-5,8-9,11H,3,6-7H2,1-2H3,(H,17,18,19). The predicted molar refractivity (Wildman–Crippen MR) is 83.2 cm³/mol. The SMILES string of the molecule is CCOc1ccc2c(NC3CCOC3C)ncnc2c1Cl. The van der Waals surface area contributed by atoms with Crippen LogP contribution >= 0.6 is 11.6 Å². The van der Waals surface area contributed by atoms with E-state index < -0.39 is 0 Å². The van der Waals surface area contributed by atoms with E-state index in [0.29, 0.717) is 22.9 Å². The summed E-state index contributed by atoms with van der Waals surface area (Å²) in [6, 6.07) is 4.06. The van der Waals surface area contributed by atoms with E-state index in [4.69, 9.17) is 21.1 Å². The summed E-state index contributed by atoms with van der Waals surface area (Å²) >= 11 is 6.37. The summed E-state index contributed by atoms with van der Waals surface area (Å²) in [6.07, 6.45) is 2.66. The monoisotopic (exact) mass is 307 g/mol. The van der Waals surface area contributed by atoms with E-state index in [1.807, 2.05) is 19.1 Å². The van der Waals surface area contributed by atoms with Gasteiger partial charge < -0.3 is 14.8 Å². The molecule has 2 heterocycles. The quantitative estimate of drug-likeness (QED) is 0.939. The molecule has 1 aliphatic heterocycles. The highest BCUT2D eigenvalue weighted by molar-refractivity contribution is 6.36. The highest BCUT2D eigenvalue weighted by Crippen LogP contribution is 2.34. The number of nitrogens with zero attached hydrogens (tertiary/aromatic N) is 2. The van der Waals surface area contributed by atoms with Crippen LogP contribution in [0.25, 0.3) is 10.9 Å². The van der Waals surface area contributed by atoms with E-state index in [2.05, 4.69) is 22.2 Å². The zero-order valence-corrected chi connectivity index (χ0v) is 12.9. The fraction of sp³-hybridized carbons (Fsp3) is 0.467. The molecule has 1 fully saturated rings. The van der Waals surface area contributed by atoms with Crippen LogP contribution in [0.4, 0.5) is 5.82 Å². The lowest BCUT2D eigenvalue weighted by Gasteiger charge is -2.18. The Labute approximate surface area is 128 Å². The lowest BCUT2D eigenvalue weighted by Crippen LogP contribution is -2.27. The third-order valence-electron chi connectivity index (χ3n) is 3.71. The van der Waals surface area contributed by atoms with Crippen LogP contribution in [0.1, 0.15) is 20.3 Å². The van der Waals surface area contributed by atoms with Crippen LogP contribution in [0.2, 0.25) is 5.02 Å². The Bertz CT molecular complexity index is 650. The molecular formula is C15H18ClN3O2. The number of hydrogen-bond donors (Lipinski definition) is 1. The van der Waals surface area contributed by atoms with Crippen molar-refractivity contribution in [1.82, 2.24) is 9.97 Å². The number of hydrogen-bond acceptors (Lipinski definition) is 5. The van der Waals surface area contributed by atoms with Crippen LogP contribution in [0.15, 0.2) is 18.5 Å². The highest BCUT2D eigenvalue weighted by Gasteiger charge is 2.25. The molecule has 1 N–H and O–H groups in total. The molecule has 21 heavy (non-hydrogen) atoms. The van der Waals surface area contributed by atoms with Crippen molar-refractivity contribution in [2.24, 2.45) is 0 Å². The van der Waals surface area contributed by atoms with Crippen LogP contribution in [0.5, 0.6) is 5.75 Å². The van der Waals surface area contributed by atoms with Crippen LogP contribution in [-0.2, 0) is 4.74 Å². The van der Waals surface area contributed by atoms with E-state index in [9.17, 15) is 0 Å². The molecule has 1 aliphatic rings. The fourth-order valence-corrected chi connectivity index (χ4v) is 2.82. The molecule has 0 bridgehead atoms. The van der Waals surface area contributed by atoms with Crippen molar-refractivity contribution in [2.75, 3.05) is 18.5 Å². The summed E-state index contributed by atoms with van der Waals surface area (Å²) in [7, 11) is 0. The van der Waals surface area contributed by atoms with Crippen molar-refractivity contribution in [1.29, 1.82) is 0 Å². The van der Waals surface area contributed by atoms with Gasteiger partial charge >= 0.3 is 0 Å². The number of rotatable bonds is 4. The molecule has 2 aromatic rings. The van der Waals surface area contributed by atoms with Gasteiger partial charge in [-0.2, -0.15) is 0 Å². The molecule has 0 radical (unpaired) electrons. The summed E-state index contributed by atoms with van der Waals surface area (Å²) in [4.78, 5) is 8.63. The smallest absolute Gasteiger partial charge is 0.140 e. The van der Waals surface area contributed by atoms with Gasteiger partial charge in [0.1, 0.15) is 22.9 Å². The number of ether oxygens (including phenoxy) is 2. The van der Waals surface area contributed by atoms with Gasteiger partial charge in [-0.25, -0.2) is 9.97 Å². The minimum atomic E-state index is 0.174. The number of aromatic nitrogens is 2. The summed E-state index contributed by atoms with van der Waals surface area (Å²) < 4.78 is 11.1. The first-order chi connectivity index (χ1) is 10.2. The molecule has 6 heteroatoms. The lowest BCUT2D eigenvalue weighted by atomic mass is 10.1. The molecule has 0 aliphatic carbocycles. The fourth-order valence-electron chi connectivity index (χ4n) is 2.56. The van der Waals surface area contributed by atoms with E-state index in [1.54, 1.807) is 0 Å². The Hall–Kier alpha value is -1.59. The molecule has 5 nitrogen and oxygen atoms in total. The molecule has 2 atom stereocenters. The number of nitrogens with one attached hydrogen (secondary N) is 1. The molecule has 1 aromatic carbocycles. The molecule has 2 unspecified atom stereocenters. The first kappa shape index (κ1) is 14.4. The van der Waals surface area contributed by atoms with Crippen molar-refractivity contribution in [3.63, 3.8) is 0 Å². The summed E-state index contributed by atoms with van der Waals surface area (Å²) in [6.45, 7) is 5.33. The van der Waals surface area contributed by atoms with E-state index in [1.165, 1.54) is 6.33 Å². The van der Waals surface area contributed by atoms with Gasteiger partial charge in [-0.15, -0.1) is 0 Å². The van der Waals surface area contributed by atoms with Crippen molar-refractivity contribution in [2.45, 2.75) is 32.4 Å². The molecule has 0 saturated carbocycles. The van der Waals surface area contributed by atoms with Gasteiger partial charge in [-0.1, -0.05) is 11.6 Å². The highest BCUT2D eigenvalue weighted by atomic mass is 35.5. The van der Waals surface area contributed by atoms with Crippen molar-refractivity contribution in [3.05, 3.63) is 23.5 Å².